The van der Waals surface area contributed by atoms with E-state index >= 15 is 0 Å². The van der Waals surface area contributed by atoms with Gasteiger partial charge in [0, 0.05) is 10.4 Å². The average Bonchev–Trinajstić information content (AvgIpc) is 2.97. The van der Waals surface area contributed by atoms with Gasteiger partial charge in [0.15, 0.2) is 0 Å². The third kappa shape index (κ3) is 3.54. The number of anilines is 1. The van der Waals surface area contributed by atoms with Crippen molar-refractivity contribution in [3.05, 3.63) is 45.8 Å². The van der Waals surface area contributed by atoms with Crippen LogP contribution in [0.15, 0.2) is 24.3 Å². The number of hydrogen-bond donors (Lipinski definition) is 1. The number of amides is 1. The summed E-state index contributed by atoms with van der Waals surface area (Å²) in [5.41, 5.74) is 2.01. The lowest BCUT2D eigenvalue weighted by Crippen LogP contribution is -2.16. The third-order valence-electron chi connectivity index (χ3n) is 4.46. The number of carbonyl (C=O) groups is 2. The molecule has 0 spiro atoms. The predicted octanol–water partition coefficient (Wildman–Crippen LogP) is 3.92. The normalized spacial score (nSPS) is 16.0. The van der Waals surface area contributed by atoms with Crippen LogP contribution < -0.4 is 10.1 Å². The lowest BCUT2D eigenvalue weighted by molar-refractivity contribution is 0.0601. The van der Waals surface area contributed by atoms with Gasteiger partial charge in [0.25, 0.3) is 5.91 Å². The summed E-state index contributed by atoms with van der Waals surface area (Å²) in [5.74, 6) is 0.530. The van der Waals surface area contributed by atoms with E-state index < -0.39 is 5.97 Å². The Hall–Kier alpha value is -2.34. The Bertz CT molecular complexity index is 812. The molecule has 25 heavy (non-hydrogen) atoms. The Kier molecular flexibility index (Phi) is 5.08. The van der Waals surface area contributed by atoms with Crippen LogP contribution in [-0.2, 0) is 17.6 Å². The largest absolute Gasteiger partial charge is 0.497 e. The van der Waals surface area contributed by atoms with Gasteiger partial charge < -0.3 is 14.8 Å². The van der Waals surface area contributed by atoms with Crippen LogP contribution in [0.3, 0.4) is 0 Å². The van der Waals surface area contributed by atoms with Crippen molar-refractivity contribution in [2.24, 2.45) is 5.92 Å². The first-order chi connectivity index (χ1) is 12.0. The Morgan fingerprint density at radius 2 is 2.08 bits per heavy atom. The second kappa shape index (κ2) is 7.27. The van der Waals surface area contributed by atoms with Crippen LogP contribution in [0.25, 0.3) is 0 Å². The summed E-state index contributed by atoms with van der Waals surface area (Å²) in [6, 6.07) is 6.92. The molecule has 1 aliphatic carbocycles. The number of rotatable bonds is 4. The maximum atomic E-state index is 12.6. The van der Waals surface area contributed by atoms with Gasteiger partial charge in [-0.1, -0.05) is 13.0 Å². The van der Waals surface area contributed by atoms with Crippen molar-refractivity contribution in [1.29, 1.82) is 0 Å². The van der Waals surface area contributed by atoms with E-state index in [-0.39, 0.29) is 5.91 Å². The van der Waals surface area contributed by atoms with Crippen LogP contribution in [0, 0.1) is 5.92 Å². The van der Waals surface area contributed by atoms with E-state index in [0.717, 1.165) is 24.8 Å². The first-order valence-electron chi connectivity index (χ1n) is 8.21. The molecule has 1 aromatic carbocycles. The molecule has 0 radical (unpaired) electrons. The summed E-state index contributed by atoms with van der Waals surface area (Å²) in [4.78, 5) is 26.1. The number of esters is 1. The highest BCUT2D eigenvalue weighted by molar-refractivity contribution is 7.17. The summed E-state index contributed by atoms with van der Waals surface area (Å²) in [6.45, 7) is 2.20. The quantitative estimate of drug-likeness (QED) is 0.841. The Labute approximate surface area is 151 Å². The molecule has 132 valence electrons. The van der Waals surface area contributed by atoms with Gasteiger partial charge in [-0.25, -0.2) is 4.79 Å². The Balaban J connectivity index is 1.93. The SMILES string of the molecule is COC(=O)c1c(NC(=O)c2cccc(OC)c2)sc2c1CCC(C)C2. The number of hydrogen-bond acceptors (Lipinski definition) is 5. The van der Waals surface area contributed by atoms with E-state index in [0.29, 0.717) is 27.8 Å². The number of methoxy groups -OCH3 is 2. The van der Waals surface area contributed by atoms with Crippen LogP contribution in [-0.4, -0.2) is 26.1 Å². The zero-order chi connectivity index (χ0) is 18.0. The molecule has 3 rings (SSSR count). The van der Waals surface area contributed by atoms with Gasteiger partial charge in [0.1, 0.15) is 10.8 Å². The molecular weight excluding hydrogens is 338 g/mol. The van der Waals surface area contributed by atoms with Crippen LogP contribution in [0.1, 0.15) is 44.5 Å². The third-order valence-corrected chi connectivity index (χ3v) is 5.63. The Morgan fingerprint density at radius 1 is 1.28 bits per heavy atom. The summed E-state index contributed by atoms with van der Waals surface area (Å²) in [6.07, 6.45) is 2.81. The predicted molar refractivity (Wildman–Crippen MR) is 97.8 cm³/mol. The maximum absolute atomic E-state index is 12.6. The molecule has 1 atom stereocenters. The average molecular weight is 359 g/mol. The number of benzene rings is 1. The van der Waals surface area contributed by atoms with E-state index in [2.05, 4.69) is 12.2 Å². The van der Waals surface area contributed by atoms with Gasteiger partial charge >= 0.3 is 5.97 Å². The van der Waals surface area contributed by atoms with Crippen molar-refractivity contribution in [3.8, 4) is 5.75 Å². The molecule has 0 bridgehead atoms. The lowest BCUT2D eigenvalue weighted by atomic mass is 9.88. The van der Waals surface area contributed by atoms with Crippen molar-refractivity contribution in [1.82, 2.24) is 0 Å². The van der Waals surface area contributed by atoms with Crippen molar-refractivity contribution >= 4 is 28.2 Å². The monoisotopic (exact) mass is 359 g/mol. The fraction of sp³-hybridized carbons (Fsp3) is 0.368. The van der Waals surface area contributed by atoms with E-state index in [9.17, 15) is 9.59 Å². The molecule has 0 saturated heterocycles. The minimum absolute atomic E-state index is 0.268. The van der Waals surface area contributed by atoms with Gasteiger partial charge in [-0.05, 0) is 48.9 Å². The van der Waals surface area contributed by atoms with E-state index in [1.807, 2.05) is 0 Å². The molecule has 1 amide bonds. The molecule has 5 nitrogen and oxygen atoms in total. The fourth-order valence-electron chi connectivity index (χ4n) is 3.10. The van der Waals surface area contributed by atoms with Crippen LogP contribution >= 0.6 is 11.3 Å². The molecule has 0 saturated carbocycles. The number of fused-ring (bicyclic) bond motifs is 1. The van der Waals surface area contributed by atoms with E-state index in [1.54, 1.807) is 31.4 Å². The molecule has 2 aromatic rings. The standard InChI is InChI=1S/C19H21NO4S/c1-11-7-8-14-15(9-11)25-18(16(14)19(22)24-3)20-17(21)12-5-4-6-13(10-12)23-2/h4-6,10-11H,7-9H2,1-3H3,(H,20,21). The zero-order valence-electron chi connectivity index (χ0n) is 14.5. The summed E-state index contributed by atoms with van der Waals surface area (Å²) < 4.78 is 10.1. The van der Waals surface area contributed by atoms with Crippen LogP contribution in [0.5, 0.6) is 5.75 Å². The smallest absolute Gasteiger partial charge is 0.341 e. The molecule has 0 fully saturated rings. The first kappa shape index (κ1) is 17.5. The van der Waals surface area contributed by atoms with Gasteiger partial charge in [-0.15, -0.1) is 11.3 Å². The second-order valence-electron chi connectivity index (χ2n) is 6.23. The summed E-state index contributed by atoms with van der Waals surface area (Å²) in [7, 11) is 2.92. The van der Waals surface area contributed by atoms with Crippen molar-refractivity contribution in [2.45, 2.75) is 26.2 Å². The van der Waals surface area contributed by atoms with Crippen molar-refractivity contribution in [2.75, 3.05) is 19.5 Å². The number of carbonyl (C=O) groups excluding carboxylic acids is 2. The van der Waals surface area contributed by atoms with Crippen LogP contribution in [0.2, 0.25) is 0 Å². The lowest BCUT2D eigenvalue weighted by Gasteiger charge is -2.18. The fourth-order valence-corrected chi connectivity index (χ4v) is 4.49. The number of nitrogens with one attached hydrogen (secondary N) is 1. The van der Waals surface area contributed by atoms with E-state index in [1.165, 1.54) is 23.3 Å². The van der Waals surface area contributed by atoms with Crippen molar-refractivity contribution in [3.63, 3.8) is 0 Å². The molecule has 1 N–H and O–H groups in total. The van der Waals surface area contributed by atoms with Gasteiger partial charge in [-0.3, -0.25) is 4.79 Å². The molecule has 1 heterocycles. The first-order valence-corrected chi connectivity index (χ1v) is 9.03. The zero-order valence-corrected chi connectivity index (χ0v) is 15.4. The molecule has 0 aliphatic heterocycles. The highest BCUT2D eigenvalue weighted by atomic mass is 32.1. The van der Waals surface area contributed by atoms with Crippen molar-refractivity contribution < 1.29 is 19.1 Å². The summed E-state index contributed by atoms with van der Waals surface area (Å²) >= 11 is 1.48. The summed E-state index contributed by atoms with van der Waals surface area (Å²) in [5, 5.41) is 3.46. The Morgan fingerprint density at radius 3 is 2.80 bits per heavy atom. The van der Waals surface area contributed by atoms with E-state index in [4.69, 9.17) is 9.47 Å². The minimum atomic E-state index is -0.395. The van der Waals surface area contributed by atoms with Gasteiger partial charge in [0.2, 0.25) is 0 Å². The highest BCUT2D eigenvalue weighted by Crippen LogP contribution is 2.40. The molecule has 1 unspecified atom stereocenters. The van der Waals surface area contributed by atoms with Gasteiger partial charge in [-0.2, -0.15) is 0 Å². The second-order valence-corrected chi connectivity index (χ2v) is 7.34. The molecule has 6 heteroatoms. The number of ether oxygens (including phenoxy) is 2. The highest BCUT2D eigenvalue weighted by Gasteiger charge is 2.29. The number of thiophene rings is 1. The topological polar surface area (TPSA) is 64.6 Å². The molecule has 1 aliphatic rings. The van der Waals surface area contributed by atoms with Crippen LogP contribution in [0.4, 0.5) is 5.00 Å². The van der Waals surface area contributed by atoms with Gasteiger partial charge in [0.05, 0.1) is 19.8 Å². The molecule has 1 aromatic heterocycles. The maximum Gasteiger partial charge on any atom is 0.341 e. The minimum Gasteiger partial charge on any atom is -0.497 e. The molecular formula is C19H21NO4S.